The first-order chi connectivity index (χ1) is 7.58. The van der Waals surface area contributed by atoms with Crippen LogP contribution in [0.2, 0.25) is 0 Å². The first-order valence-electron chi connectivity index (χ1n) is 6.01. The Hall–Kier alpha value is -0.870. The van der Waals surface area contributed by atoms with Crippen molar-refractivity contribution in [3.63, 3.8) is 0 Å². The molecule has 0 aromatic carbocycles. The minimum Gasteiger partial charge on any atom is -0.300 e. The number of likely N-dealkylation sites (N-methyl/N-ethyl adjacent to an activating group) is 1. The Balaban J connectivity index is 2.12. The van der Waals surface area contributed by atoms with Crippen molar-refractivity contribution in [1.82, 2.24) is 20.0 Å². The van der Waals surface area contributed by atoms with Gasteiger partial charge in [0, 0.05) is 31.2 Å². The molecule has 1 aromatic heterocycles. The third kappa shape index (κ3) is 2.28. The number of fused-ring (bicyclic) bond motifs is 1. The van der Waals surface area contributed by atoms with Gasteiger partial charge in [0.15, 0.2) is 0 Å². The highest BCUT2D eigenvalue weighted by Gasteiger charge is 2.20. The summed E-state index contributed by atoms with van der Waals surface area (Å²) in [4.78, 5) is 4.66. The summed E-state index contributed by atoms with van der Waals surface area (Å²) in [6.07, 6.45) is 1.13. The van der Waals surface area contributed by atoms with Gasteiger partial charge in [-0.2, -0.15) is 5.10 Å². The van der Waals surface area contributed by atoms with Crippen molar-refractivity contribution in [1.29, 1.82) is 0 Å². The monoisotopic (exact) mass is 222 g/mol. The van der Waals surface area contributed by atoms with Crippen LogP contribution >= 0.6 is 0 Å². The summed E-state index contributed by atoms with van der Waals surface area (Å²) < 4.78 is 0. The van der Waals surface area contributed by atoms with Gasteiger partial charge >= 0.3 is 0 Å². The molecule has 0 bridgehead atoms. The lowest BCUT2D eigenvalue weighted by Gasteiger charge is -2.24. The molecule has 0 aliphatic carbocycles. The summed E-state index contributed by atoms with van der Waals surface area (Å²) in [6.45, 7) is 7.53. The van der Waals surface area contributed by atoms with Crippen molar-refractivity contribution in [3.8, 4) is 0 Å². The lowest BCUT2D eigenvalue weighted by Crippen LogP contribution is -2.29. The molecule has 1 N–H and O–H groups in total. The van der Waals surface area contributed by atoms with Crippen LogP contribution in [-0.4, -0.2) is 46.7 Å². The maximum absolute atomic E-state index is 4.46. The van der Waals surface area contributed by atoms with Gasteiger partial charge < -0.3 is 4.90 Å². The first-order valence-corrected chi connectivity index (χ1v) is 6.01. The quantitative estimate of drug-likeness (QED) is 0.835. The number of hydrogen-bond acceptors (Lipinski definition) is 3. The zero-order chi connectivity index (χ0) is 11.7. The number of hydrogen-bond donors (Lipinski definition) is 1. The van der Waals surface area contributed by atoms with E-state index in [4.69, 9.17) is 0 Å². The molecule has 0 saturated heterocycles. The topological polar surface area (TPSA) is 35.2 Å². The predicted octanol–water partition coefficient (Wildman–Crippen LogP) is 1.24. The number of nitrogens with zero attached hydrogens (tertiary/aromatic N) is 3. The average molecular weight is 222 g/mol. The molecule has 1 aromatic rings. The van der Waals surface area contributed by atoms with Crippen LogP contribution in [0.25, 0.3) is 0 Å². The van der Waals surface area contributed by atoms with E-state index in [0.717, 1.165) is 26.1 Å². The molecule has 0 amide bonds. The number of H-pyrrole nitrogens is 1. The van der Waals surface area contributed by atoms with Gasteiger partial charge in [-0.25, -0.2) is 0 Å². The molecule has 0 saturated carbocycles. The zero-order valence-corrected chi connectivity index (χ0v) is 10.7. The molecule has 2 heterocycles. The van der Waals surface area contributed by atoms with Crippen LogP contribution in [0.4, 0.5) is 0 Å². The average Bonchev–Trinajstić information content (AvgIpc) is 2.60. The Morgan fingerprint density at radius 2 is 2.25 bits per heavy atom. The molecule has 0 unspecified atom stereocenters. The largest absolute Gasteiger partial charge is 0.300 e. The highest BCUT2D eigenvalue weighted by Crippen LogP contribution is 2.20. The fourth-order valence-electron chi connectivity index (χ4n) is 2.07. The summed E-state index contributed by atoms with van der Waals surface area (Å²) in [5.74, 6) is 0. The Labute approximate surface area is 97.6 Å². The van der Waals surface area contributed by atoms with Gasteiger partial charge in [-0.3, -0.25) is 10.00 Å². The van der Waals surface area contributed by atoms with E-state index in [0.29, 0.717) is 6.04 Å². The fourth-order valence-corrected chi connectivity index (χ4v) is 2.07. The third-order valence-corrected chi connectivity index (χ3v) is 3.49. The minimum absolute atomic E-state index is 0.568. The van der Waals surface area contributed by atoms with E-state index in [1.165, 1.54) is 17.0 Å². The number of nitrogens with one attached hydrogen (secondary N) is 1. The van der Waals surface area contributed by atoms with Crippen LogP contribution in [0.1, 0.15) is 30.8 Å². The minimum atomic E-state index is 0.568. The van der Waals surface area contributed by atoms with Crippen molar-refractivity contribution < 1.29 is 0 Å². The number of aromatic amines is 1. The maximum atomic E-state index is 4.46. The van der Waals surface area contributed by atoms with Crippen LogP contribution in [0.15, 0.2) is 0 Å². The Morgan fingerprint density at radius 1 is 1.50 bits per heavy atom. The summed E-state index contributed by atoms with van der Waals surface area (Å²) >= 11 is 0. The third-order valence-electron chi connectivity index (χ3n) is 3.49. The zero-order valence-electron chi connectivity index (χ0n) is 10.7. The summed E-state index contributed by atoms with van der Waals surface area (Å²) in [5.41, 5.74) is 3.99. The van der Waals surface area contributed by atoms with E-state index in [-0.39, 0.29) is 0 Å². The first kappa shape index (κ1) is 11.6. The van der Waals surface area contributed by atoms with Gasteiger partial charge in [-0.1, -0.05) is 0 Å². The molecule has 1 aliphatic heterocycles. The normalized spacial score (nSPS) is 17.1. The molecule has 0 fully saturated rings. The van der Waals surface area contributed by atoms with Crippen molar-refractivity contribution >= 4 is 0 Å². The molecule has 4 nitrogen and oxygen atoms in total. The van der Waals surface area contributed by atoms with E-state index in [1.807, 2.05) is 0 Å². The number of aromatic nitrogens is 2. The van der Waals surface area contributed by atoms with Gasteiger partial charge in [0.05, 0.1) is 11.4 Å². The molecule has 90 valence electrons. The highest BCUT2D eigenvalue weighted by atomic mass is 15.2. The fraction of sp³-hybridized carbons (Fsp3) is 0.750. The van der Waals surface area contributed by atoms with E-state index < -0.39 is 0 Å². The summed E-state index contributed by atoms with van der Waals surface area (Å²) in [5, 5.41) is 7.64. The number of rotatable bonds is 3. The lowest BCUT2D eigenvalue weighted by molar-refractivity contribution is 0.260. The standard InChI is InChI=1S/C12H22N4/c1-9(2)16(4)8-12-10-5-6-15(3)7-11(10)13-14-12/h9H,5-8H2,1-4H3,(H,13,14). The molecule has 4 heteroatoms. The molecule has 0 atom stereocenters. The van der Waals surface area contributed by atoms with Crippen LogP contribution in [0.3, 0.4) is 0 Å². The van der Waals surface area contributed by atoms with Crippen LogP contribution < -0.4 is 0 Å². The molecular formula is C12H22N4. The second-order valence-corrected chi connectivity index (χ2v) is 5.12. The summed E-state index contributed by atoms with van der Waals surface area (Å²) in [7, 11) is 4.31. The SMILES string of the molecule is CC(C)N(C)Cc1n[nH]c2c1CCN(C)C2. The highest BCUT2D eigenvalue weighted by molar-refractivity contribution is 5.27. The van der Waals surface area contributed by atoms with Crippen molar-refractivity contribution in [2.75, 3.05) is 20.6 Å². The van der Waals surface area contributed by atoms with Gasteiger partial charge in [0.1, 0.15) is 0 Å². The van der Waals surface area contributed by atoms with E-state index >= 15 is 0 Å². The van der Waals surface area contributed by atoms with Gasteiger partial charge in [-0.15, -0.1) is 0 Å². The Kier molecular flexibility index (Phi) is 3.30. The molecule has 0 spiro atoms. The molecule has 0 radical (unpaired) electrons. The maximum Gasteiger partial charge on any atom is 0.0798 e. The van der Waals surface area contributed by atoms with Crippen LogP contribution in [-0.2, 0) is 19.5 Å². The second kappa shape index (κ2) is 4.55. The molecule has 16 heavy (non-hydrogen) atoms. The van der Waals surface area contributed by atoms with Gasteiger partial charge in [0.2, 0.25) is 0 Å². The Bertz CT molecular complexity index is 356. The van der Waals surface area contributed by atoms with Gasteiger partial charge in [-0.05, 0) is 34.4 Å². The van der Waals surface area contributed by atoms with Crippen molar-refractivity contribution in [2.24, 2.45) is 0 Å². The predicted molar refractivity (Wildman–Crippen MR) is 65.2 cm³/mol. The molecular weight excluding hydrogens is 200 g/mol. The molecule has 2 rings (SSSR count). The van der Waals surface area contributed by atoms with Crippen LogP contribution in [0, 0.1) is 0 Å². The Morgan fingerprint density at radius 3 is 2.94 bits per heavy atom. The van der Waals surface area contributed by atoms with Crippen molar-refractivity contribution in [2.45, 2.75) is 39.4 Å². The van der Waals surface area contributed by atoms with Crippen molar-refractivity contribution in [3.05, 3.63) is 17.0 Å². The van der Waals surface area contributed by atoms with E-state index in [2.05, 4.69) is 47.9 Å². The second-order valence-electron chi connectivity index (χ2n) is 5.12. The smallest absolute Gasteiger partial charge is 0.0798 e. The van der Waals surface area contributed by atoms with Crippen LogP contribution in [0.5, 0.6) is 0 Å². The molecule has 1 aliphatic rings. The lowest BCUT2D eigenvalue weighted by atomic mass is 10.0. The van der Waals surface area contributed by atoms with E-state index in [9.17, 15) is 0 Å². The van der Waals surface area contributed by atoms with Gasteiger partial charge in [0.25, 0.3) is 0 Å². The van der Waals surface area contributed by atoms with E-state index in [1.54, 1.807) is 0 Å². The summed E-state index contributed by atoms with van der Waals surface area (Å²) in [6, 6.07) is 0.568.